The first kappa shape index (κ1) is 12.8. The molecule has 0 amide bonds. The van der Waals surface area contributed by atoms with E-state index in [0.29, 0.717) is 0 Å². The van der Waals surface area contributed by atoms with Crippen molar-refractivity contribution >= 4 is 0 Å². The number of aliphatic hydroxyl groups excluding tert-OH is 1. The summed E-state index contributed by atoms with van der Waals surface area (Å²) in [6, 6.07) is 0. The summed E-state index contributed by atoms with van der Waals surface area (Å²) in [6.07, 6.45) is -4.98. The Bertz CT molecular complexity index is 271. The smallest absolute Gasteiger partial charge is 0.374 e. The normalized spacial score (nSPS) is 16.3. The van der Waals surface area contributed by atoms with E-state index in [-0.39, 0.29) is 0 Å². The van der Waals surface area contributed by atoms with Crippen molar-refractivity contribution < 1.29 is 31.4 Å². The molecule has 0 aromatic rings. The first-order valence-electron chi connectivity index (χ1n) is 3.09. The highest BCUT2D eigenvalue weighted by atomic mass is 19.4. The van der Waals surface area contributed by atoms with Gasteiger partial charge in [0.25, 0.3) is 0 Å². The fourth-order valence-corrected chi connectivity index (χ4v) is 0.414. The van der Waals surface area contributed by atoms with Gasteiger partial charge in [-0.25, -0.2) is 4.39 Å². The SMILES string of the molecule is C#CC(O)C(F)=CC(F)(F)C(F)(F)F. The average molecular weight is 218 g/mol. The van der Waals surface area contributed by atoms with E-state index in [0.717, 1.165) is 0 Å². The van der Waals surface area contributed by atoms with Crippen LogP contribution in [-0.4, -0.2) is 23.3 Å². The number of hydrogen-bond donors (Lipinski definition) is 1. The lowest BCUT2D eigenvalue weighted by Gasteiger charge is -2.15. The summed E-state index contributed by atoms with van der Waals surface area (Å²) < 4.78 is 70.8. The van der Waals surface area contributed by atoms with Gasteiger partial charge in [-0.15, -0.1) is 6.42 Å². The maximum absolute atomic E-state index is 12.3. The molecule has 0 aliphatic rings. The number of rotatable bonds is 2. The van der Waals surface area contributed by atoms with Crippen molar-refractivity contribution in [3.63, 3.8) is 0 Å². The van der Waals surface area contributed by atoms with E-state index < -0.39 is 30.1 Å². The molecule has 0 radical (unpaired) electrons. The zero-order valence-corrected chi connectivity index (χ0v) is 6.45. The fraction of sp³-hybridized carbons (Fsp3) is 0.429. The van der Waals surface area contributed by atoms with Crippen molar-refractivity contribution in [2.24, 2.45) is 0 Å². The number of halogens is 6. The minimum Gasteiger partial charge on any atom is -0.374 e. The van der Waals surface area contributed by atoms with Crippen molar-refractivity contribution in [3.05, 3.63) is 11.9 Å². The summed E-state index contributed by atoms with van der Waals surface area (Å²) in [6.45, 7) is 0. The van der Waals surface area contributed by atoms with Crippen molar-refractivity contribution in [3.8, 4) is 12.3 Å². The molecule has 0 saturated carbocycles. The quantitative estimate of drug-likeness (QED) is 0.555. The molecule has 7 heteroatoms. The van der Waals surface area contributed by atoms with Crippen LogP contribution in [0.2, 0.25) is 0 Å². The number of allylic oxidation sites excluding steroid dienone is 1. The van der Waals surface area contributed by atoms with Crippen molar-refractivity contribution in [1.82, 2.24) is 0 Å². The van der Waals surface area contributed by atoms with Crippen LogP contribution in [0.5, 0.6) is 0 Å². The summed E-state index contributed by atoms with van der Waals surface area (Å²) in [5.41, 5.74) is 0. The van der Waals surface area contributed by atoms with E-state index >= 15 is 0 Å². The molecular weight excluding hydrogens is 214 g/mol. The molecule has 1 atom stereocenters. The van der Waals surface area contributed by atoms with Gasteiger partial charge in [-0.05, 0) is 0 Å². The Morgan fingerprint density at radius 2 is 1.71 bits per heavy atom. The molecule has 0 aromatic heterocycles. The second kappa shape index (κ2) is 3.92. The second-order valence-corrected chi connectivity index (χ2v) is 2.22. The minimum atomic E-state index is -5.92. The first-order chi connectivity index (χ1) is 6.12. The third-order valence-electron chi connectivity index (χ3n) is 1.12. The summed E-state index contributed by atoms with van der Waals surface area (Å²) in [5, 5.41) is 8.38. The molecule has 80 valence electrons. The van der Waals surface area contributed by atoms with Crippen LogP contribution >= 0.6 is 0 Å². The van der Waals surface area contributed by atoms with Gasteiger partial charge in [0.2, 0.25) is 0 Å². The van der Waals surface area contributed by atoms with Gasteiger partial charge in [-0.2, -0.15) is 22.0 Å². The zero-order valence-electron chi connectivity index (χ0n) is 6.45. The molecule has 14 heavy (non-hydrogen) atoms. The molecule has 0 spiro atoms. The van der Waals surface area contributed by atoms with Crippen LogP contribution in [0.4, 0.5) is 26.3 Å². The lowest BCUT2D eigenvalue weighted by atomic mass is 10.2. The first-order valence-corrected chi connectivity index (χ1v) is 3.09. The number of hydrogen-bond acceptors (Lipinski definition) is 1. The Balaban J connectivity index is 4.91. The van der Waals surface area contributed by atoms with E-state index in [1.807, 2.05) is 0 Å². The van der Waals surface area contributed by atoms with E-state index in [1.165, 1.54) is 5.92 Å². The standard InChI is InChI=1S/C7H4F6O/c1-2-5(14)4(8)3-6(9,10)7(11,12)13/h1,3,5,14H. The molecule has 1 N–H and O–H groups in total. The third kappa shape index (κ3) is 2.96. The Morgan fingerprint density at radius 1 is 1.29 bits per heavy atom. The van der Waals surface area contributed by atoms with Gasteiger partial charge in [-0.1, -0.05) is 5.92 Å². The van der Waals surface area contributed by atoms with Crippen LogP contribution < -0.4 is 0 Å². The van der Waals surface area contributed by atoms with Gasteiger partial charge in [0, 0.05) is 6.08 Å². The van der Waals surface area contributed by atoms with Crippen molar-refractivity contribution in [2.75, 3.05) is 0 Å². The second-order valence-electron chi connectivity index (χ2n) is 2.22. The minimum absolute atomic E-state index is 1.06. The molecule has 0 aliphatic carbocycles. The summed E-state index contributed by atoms with van der Waals surface area (Å²) >= 11 is 0. The van der Waals surface area contributed by atoms with Gasteiger partial charge in [0.1, 0.15) is 5.83 Å². The van der Waals surface area contributed by atoms with Gasteiger partial charge < -0.3 is 5.11 Å². The van der Waals surface area contributed by atoms with Crippen LogP contribution in [0.1, 0.15) is 0 Å². The van der Waals surface area contributed by atoms with E-state index in [4.69, 9.17) is 5.11 Å². The Morgan fingerprint density at radius 3 is 2.00 bits per heavy atom. The van der Waals surface area contributed by atoms with Crippen LogP contribution in [0, 0.1) is 12.3 Å². The molecule has 0 bridgehead atoms. The van der Waals surface area contributed by atoms with Crippen LogP contribution in [0.15, 0.2) is 11.9 Å². The van der Waals surface area contributed by atoms with Crippen LogP contribution in [-0.2, 0) is 0 Å². The van der Waals surface area contributed by atoms with Gasteiger partial charge in [0.15, 0.2) is 6.10 Å². The lowest BCUT2D eigenvalue weighted by molar-refractivity contribution is -0.259. The van der Waals surface area contributed by atoms with E-state index in [9.17, 15) is 26.3 Å². The average Bonchev–Trinajstić information content (AvgIpc) is 2.00. The Kier molecular flexibility index (Phi) is 3.59. The predicted octanol–water partition coefficient (Wildman–Crippen LogP) is 2.03. The maximum Gasteiger partial charge on any atom is 0.457 e. The van der Waals surface area contributed by atoms with E-state index in [1.54, 1.807) is 0 Å². The molecule has 1 nitrogen and oxygen atoms in total. The topological polar surface area (TPSA) is 20.2 Å². The van der Waals surface area contributed by atoms with Crippen molar-refractivity contribution in [2.45, 2.75) is 18.2 Å². The van der Waals surface area contributed by atoms with Gasteiger partial charge >= 0.3 is 12.1 Å². The monoisotopic (exact) mass is 218 g/mol. The Hall–Kier alpha value is -1.16. The molecule has 0 rings (SSSR count). The number of alkyl halides is 5. The van der Waals surface area contributed by atoms with Gasteiger partial charge in [0.05, 0.1) is 0 Å². The zero-order chi connectivity index (χ0) is 11.6. The highest BCUT2D eigenvalue weighted by Crippen LogP contribution is 2.37. The van der Waals surface area contributed by atoms with Crippen LogP contribution in [0.3, 0.4) is 0 Å². The molecular formula is C7H4F6O. The largest absolute Gasteiger partial charge is 0.457 e. The number of terminal acetylenes is 1. The molecule has 1 unspecified atom stereocenters. The summed E-state index contributed by atoms with van der Waals surface area (Å²) in [4.78, 5) is 0. The predicted molar refractivity (Wildman–Crippen MR) is 35.0 cm³/mol. The molecule has 0 fully saturated rings. The number of aliphatic hydroxyl groups is 1. The van der Waals surface area contributed by atoms with Gasteiger partial charge in [-0.3, -0.25) is 0 Å². The maximum atomic E-state index is 12.3. The Labute approximate surface area is 75.0 Å². The molecule has 0 saturated heterocycles. The molecule has 0 aliphatic heterocycles. The summed E-state index contributed by atoms with van der Waals surface area (Å²) in [5.74, 6) is -6.22. The van der Waals surface area contributed by atoms with E-state index in [2.05, 4.69) is 6.42 Å². The van der Waals surface area contributed by atoms with Crippen LogP contribution in [0.25, 0.3) is 0 Å². The van der Waals surface area contributed by atoms with Crippen molar-refractivity contribution in [1.29, 1.82) is 0 Å². The fourth-order valence-electron chi connectivity index (χ4n) is 0.414. The lowest BCUT2D eigenvalue weighted by Crippen LogP contribution is -2.34. The highest BCUT2D eigenvalue weighted by molar-refractivity contribution is 5.16. The molecule has 0 heterocycles. The third-order valence-corrected chi connectivity index (χ3v) is 1.12. The summed E-state index contributed by atoms with van der Waals surface area (Å²) in [7, 11) is 0. The highest BCUT2D eigenvalue weighted by Gasteiger charge is 2.56. The molecule has 0 aromatic carbocycles.